The molecule has 4 nitrogen and oxygen atoms in total. The van der Waals surface area contributed by atoms with Crippen molar-refractivity contribution in [3.8, 4) is 0 Å². The molecule has 0 aliphatic carbocycles. The van der Waals surface area contributed by atoms with E-state index in [2.05, 4.69) is 50.3 Å². The Labute approximate surface area is 300 Å². The molecule has 0 saturated carbocycles. The van der Waals surface area contributed by atoms with Gasteiger partial charge in [-0.25, -0.2) is 4.99 Å². The molecule has 5 heteroatoms. The molecule has 0 N–H and O–H groups in total. The maximum absolute atomic E-state index is 4.59. The summed E-state index contributed by atoms with van der Waals surface area (Å²) in [4.78, 5) is 18.3. The molecule has 4 aromatic rings. The summed E-state index contributed by atoms with van der Waals surface area (Å²) >= 11 is 0. The summed E-state index contributed by atoms with van der Waals surface area (Å²) in [5.41, 5.74) is 6.88. The van der Waals surface area contributed by atoms with Crippen molar-refractivity contribution in [1.82, 2.24) is 0 Å². The predicted octanol–water partition coefficient (Wildman–Crippen LogP) is 9.33. The van der Waals surface area contributed by atoms with Gasteiger partial charge in [0.25, 0.3) is 0 Å². The van der Waals surface area contributed by atoms with Crippen molar-refractivity contribution in [1.29, 1.82) is 0 Å². The molecule has 0 spiro atoms. The van der Waals surface area contributed by atoms with Gasteiger partial charge in [0.05, 0.1) is 28.5 Å². The first kappa shape index (κ1) is 35.8. The minimum Gasteiger partial charge on any atom is -0.339 e. The van der Waals surface area contributed by atoms with E-state index in [1.165, 1.54) is 0 Å². The van der Waals surface area contributed by atoms with E-state index >= 15 is 0 Å². The van der Waals surface area contributed by atoms with E-state index in [1.54, 1.807) is 0 Å². The van der Waals surface area contributed by atoms with Crippen molar-refractivity contribution >= 4 is 22.8 Å². The first-order valence-electron chi connectivity index (χ1n) is 15.3. The summed E-state index contributed by atoms with van der Waals surface area (Å²) in [6, 6.07) is 50.0. The monoisotopic (exact) mass is 671 g/mol. The molecule has 49 heavy (non-hydrogen) atoms. The van der Waals surface area contributed by atoms with Crippen molar-refractivity contribution in [3.05, 3.63) is 241 Å². The number of hydrogen-bond acceptors (Lipinski definition) is 4. The average Bonchev–Trinajstić information content (AvgIpc) is 4.00. The molecule has 9 rings (SSSR count). The molecule has 235 valence electrons. The Balaban J connectivity index is 0.000000175. The number of allylic oxidation sites excluding steroid dienone is 12. The van der Waals surface area contributed by atoms with Crippen LogP contribution in [0.2, 0.25) is 0 Å². The molecule has 0 aromatic heterocycles. The first-order chi connectivity index (χ1) is 23.8. The van der Waals surface area contributed by atoms with Gasteiger partial charge in [0.1, 0.15) is 0 Å². The van der Waals surface area contributed by atoms with Gasteiger partial charge < -0.3 is 4.99 Å². The predicted molar refractivity (Wildman–Crippen MR) is 198 cm³/mol. The summed E-state index contributed by atoms with van der Waals surface area (Å²) in [6.07, 6.45) is 24.7. The molecule has 0 atom stereocenters. The average molecular weight is 672 g/mol. The zero-order valence-electron chi connectivity index (χ0n) is 26.5. The van der Waals surface area contributed by atoms with Crippen LogP contribution >= 0.6 is 0 Å². The van der Waals surface area contributed by atoms with Crippen LogP contribution < -0.4 is 0 Å². The topological polar surface area (TPSA) is 49.4 Å². The van der Waals surface area contributed by atoms with Crippen LogP contribution in [0.5, 0.6) is 0 Å². The zero-order chi connectivity index (χ0) is 32.9. The normalized spacial score (nSPS) is 15.0. The molecule has 0 unspecified atom stereocenters. The van der Waals surface area contributed by atoms with Gasteiger partial charge in [0, 0.05) is 5.71 Å². The fraction of sp³-hybridized carbons (Fsp3) is 0. The quantitative estimate of drug-likeness (QED) is 0.132. The second-order valence-electron chi connectivity index (χ2n) is 9.98. The van der Waals surface area contributed by atoms with Crippen molar-refractivity contribution in [2.75, 3.05) is 0 Å². The van der Waals surface area contributed by atoms with Crippen LogP contribution in [0.15, 0.2) is 231 Å². The zero-order valence-corrected chi connectivity index (χ0v) is 27.6. The van der Waals surface area contributed by atoms with Crippen molar-refractivity contribution < 1.29 is 17.1 Å². The summed E-state index contributed by atoms with van der Waals surface area (Å²) in [6.45, 7) is 0. The van der Waals surface area contributed by atoms with Gasteiger partial charge in [-0.1, -0.05) is 11.8 Å². The second kappa shape index (κ2) is 21.0. The molecule has 5 aliphatic rings. The van der Waals surface area contributed by atoms with Crippen molar-refractivity contribution in [2.45, 2.75) is 0 Å². The van der Waals surface area contributed by atoms with Gasteiger partial charge >= 0.3 is 17.1 Å². The smallest absolute Gasteiger partial charge is 0.339 e. The van der Waals surface area contributed by atoms with Crippen molar-refractivity contribution in [3.63, 3.8) is 0 Å². The van der Waals surface area contributed by atoms with Gasteiger partial charge in [-0.3, -0.25) is 9.98 Å². The number of rotatable bonds is 0. The Hall–Kier alpha value is -6.00. The Morgan fingerprint density at radius 2 is 0.653 bits per heavy atom. The Morgan fingerprint density at radius 3 is 0.959 bits per heavy atom. The Bertz CT molecular complexity index is 1560. The minimum absolute atomic E-state index is 0. The van der Waals surface area contributed by atoms with Gasteiger partial charge in [-0.2, -0.15) is 152 Å². The van der Waals surface area contributed by atoms with Crippen LogP contribution in [0, 0.1) is 30.3 Å². The van der Waals surface area contributed by atoms with E-state index in [0.29, 0.717) is 0 Å². The maximum Gasteiger partial charge on any atom is 5.00 e. The van der Waals surface area contributed by atoms with E-state index in [9.17, 15) is 0 Å². The molecule has 1 radical (unpaired) electrons. The number of nitrogens with zero attached hydrogens (tertiary/aromatic N) is 4. The van der Waals surface area contributed by atoms with Gasteiger partial charge in [0.2, 0.25) is 0 Å². The van der Waals surface area contributed by atoms with E-state index in [-0.39, 0.29) is 17.1 Å². The van der Waals surface area contributed by atoms with Gasteiger partial charge in [-0.15, -0.1) is 12.2 Å². The fourth-order valence-electron chi connectivity index (χ4n) is 4.13. The molecule has 0 fully saturated rings. The molecule has 5 heterocycles. The van der Waals surface area contributed by atoms with E-state index in [1.807, 2.05) is 188 Å². The van der Waals surface area contributed by atoms with Crippen LogP contribution in [0.1, 0.15) is 0 Å². The van der Waals surface area contributed by atoms with Crippen LogP contribution in [-0.4, -0.2) is 22.8 Å². The van der Waals surface area contributed by atoms with Crippen molar-refractivity contribution in [2.24, 2.45) is 20.0 Å². The number of hydrogen-bond donors (Lipinski definition) is 0. The van der Waals surface area contributed by atoms with E-state index in [0.717, 1.165) is 45.6 Å². The number of benzene rings is 4. The van der Waals surface area contributed by atoms with E-state index < -0.39 is 0 Å². The fourth-order valence-corrected chi connectivity index (χ4v) is 4.13. The molecule has 0 amide bonds. The molecule has 5 aliphatic heterocycles. The third-order valence-corrected chi connectivity index (χ3v) is 6.27. The second-order valence-corrected chi connectivity index (χ2v) is 9.98. The largest absolute Gasteiger partial charge is 5.00 e. The summed E-state index contributed by atoms with van der Waals surface area (Å²) in [5, 5.41) is 0. The molecule has 0 saturated heterocycles. The molecule has 4 aromatic carbocycles. The third kappa shape index (κ3) is 13.7. The SMILES string of the molecule is [C-]1=CC2=NC1=CC1=NC(=CC3=NC(=CC4=NC(=C2)C=C4)C=C3)C=C1.[Fe+5].[c-]1ccccc1.[c-]1ccccc1.[c-]1ccccc1.[c-]1ccccc1. The molecular weight excluding hydrogens is 640 g/mol. The Kier molecular flexibility index (Phi) is 15.4. The van der Waals surface area contributed by atoms with Gasteiger partial charge in [-0.05, 0) is 54.3 Å². The number of fused-ring (bicyclic) bond motifs is 4. The van der Waals surface area contributed by atoms with Crippen LogP contribution in [0.3, 0.4) is 0 Å². The maximum atomic E-state index is 4.59. The molecular formula is C44H31FeN4. The van der Waals surface area contributed by atoms with E-state index in [4.69, 9.17) is 0 Å². The van der Waals surface area contributed by atoms with Crippen LogP contribution in [0.25, 0.3) is 0 Å². The summed E-state index contributed by atoms with van der Waals surface area (Å²) in [5.74, 6) is 0. The summed E-state index contributed by atoms with van der Waals surface area (Å²) < 4.78 is 0. The van der Waals surface area contributed by atoms with Crippen LogP contribution in [0.4, 0.5) is 0 Å². The third-order valence-electron chi connectivity index (χ3n) is 6.27. The Morgan fingerprint density at radius 1 is 0.327 bits per heavy atom. The first-order valence-corrected chi connectivity index (χ1v) is 15.3. The number of aliphatic imine (C=N–C) groups is 4. The minimum atomic E-state index is 0. The summed E-state index contributed by atoms with van der Waals surface area (Å²) in [7, 11) is 0. The molecule has 8 bridgehead atoms. The standard InChI is InChI=1S/C20H11N4.4C6H5.Fe/c1-2-14-10-16-5-6-18(23-16)12-20-8-7-19(24-20)11-17-4-3-15(22-17)9-13(1)21-14;4*1-2-4-6-5-3-1;/h1-7,9-12H;4*1-5H;/q5*-1;+5. The van der Waals surface area contributed by atoms with Crippen LogP contribution in [-0.2, 0) is 17.1 Å². The van der Waals surface area contributed by atoms with Gasteiger partial charge in [0.15, 0.2) is 0 Å².